The van der Waals surface area contributed by atoms with Gasteiger partial charge in [0.05, 0.1) is 6.10 Å². The van der Waals surface area contributed by atoms with Gasteiger partial charge in [0.1, 0.15) is 0 Å². The van der Waals surface area contributed by atoms with E-state index in [4.69, 9.17) is 0 Å². The van der Waals surface area contributed by atoms with Crippen LogP contribution in [-0.4, -0.2) is 17.7 Å². The van der Waals surface area contributed by atoms with Crippen molar-refractivity contribution in [3.63, 3.8) is 0 Å². The van der Waals surface area contributed by atoms with Crippen molar-refractivity contribution in [2.24, 2.45) is 0 Å². The standard InChI is InChI=1S/C15H23NO/c1-4-11-16-14(6-3)15(17)13-9-7-12(5-2)8-10-13/h4,7-10,14-17H,1,5-6,11H2,2-3H3. The van der Waals surface area contributed by atoms with Crippen LogP contribution in [0.4, 0.5) is 0 Å². The first-order valence-corrected chi connectivity index (χ1v) is 6.34. The number of aliphatic hydroxyl groups excluding tert-OH is 1. The summed E-state index contributed by atoms with van der Waals surface area (Å²) in [5.41, 5.74) is 2.28. The largest absolute Gasteiger partial charge is 0.387 e. The third-order valence-electron chi connectivity index (χ3n) is 3.07. The van der Waals surface area contributed by atoms with Crippen LogP contribution >= 0.6 is 0 Å². The number of benzene rings is 1. The molecule has 1 aromatic rings. The maximum absolute atomic E-state index is 10.3. The van der Waals surface area contributed by atoms with Crippen LogP contribution in [0.1, 0.15) is 37.5 Å². The zero-order chi connectivity index (χ0) is 12.7. The van der Waals surface area contributed by atoms with Crippen molar-refractivity contribution in [3.8, 4) is 0 Å². The van der Waals surface area contributed by atoms with Gasteiger partial charge in [-0.1, -0.05) is 44.2 Å². The van der Waals surface area contributed by atoms with Crippen molar-refractivity contribution in [2.75, 3.05) is 6.54 Å². The molecule has 0 saturated carbocycles. The highest BCUT2D eigenvalue weighted by molar-refractivity contribution is 5.25. The second-order valence-electron chi connectivity index (χ2n) is 4.25. The first-order valence-electron chi connectivity index (χ1n) is 6.34. The summed E-state index contributed by atoms with van der Waals surface area (Å²) in [4.78, 5) is 0. The minimum absolute atomic E-state index is 0.0838. The molecule has 0 aliphatic rings. The molecule has 0 radical (unpaired) electrons. The molecule has 0 aliphatic carbocycles. The molecular weight excluding hydrogens is 210 g/mol. The van der Waals surface area contributed by atoms with Crippen molar-refractivity contribution in [1.82, 2.24) is 5.32 Å². The Balaban J connectivity index is 2.70. The van der Waals surface area contributed by atoms with E-state index in [2.05, 4.69) is 37.9 Å². The van der Waals surface area contributed by atoms with Crippen LogP contribution in [0, 0.1) is 0 Å². The number of nitrogens with one attached hydrogen (secondary N) is 1. The second-order valence-corrected chi connectivity index (χ2v) is 4.25. The fourth-order valence-electron chi connectivity index (χ4n) is 1.90. The number of hydrogen-bond acceptors (Lipinski definition) is 2. The Morgan fingerprint density at radius 2 is 1.94 bits per heavy atom. The van der Waals surface area contributed by atoms with Gasteiger partial charge in [-0.3, -0.25) is 0 Å². The van der Waals surface area contributed by atoms with E-state index in [-0.39, 0.29) is 6.04 Å². The summed E-state index contributed by atoms with van der Waals surface area (Å²) in [6, 6.07) is 8.28. The van der Waals surface area contributed by atoms with Crippen molar-refractivity contribution in [2.45, 2.75) is 38.8 Å². The maximum atomic E-state index is 10.3. The predicted molar refractivity (Wildman–Crippen MR) is 73.1 cm³/mol. The Hall–Kier alpha value is -1.12. The van der Waals surface area contributed by atoms with E-state index >= 15 is 0 Å². The first-order chi connectivity index (χ1) is 8.22. The highest BCUT2D eigenvalue weighted by Crippen LogP contribution is 2.19. The minimum atomic E-state index is -0.453. The van der Waals surface area contributed by atoms with E-state index in [1.54, 1.807) is 0 Å². The van der Waals surface area contributed by atoms with Crippen LogP contribution in [0.5, 0.6) is 0 Å². The predicted octanol–water partition coefficient (Wildman–Crippen LogP) is 2.84. The van der Waals surface area contributed by atoms with Gasteiger partial charge in [-0.15, -0.1) is 6.58 Å². The second kappa shape index (κ2) is 7.25. The van der Waals surface area contributed by atoms with Crippen molar-refractivity contribution < 1.29 is 5.11 Å². The number of aryl methyl sites for hydroxylation is 1. The fraction of sp³-hybridized carbons (Fsp3) is 0.467. The molecule has 2 atom stereocenters. The molecule has 0 bridgehead atoms. The molecule has 0 saturated heterocycles. The topological polar surface area (TPSA) is 32.3 Å². The van der Waals surface area contributed by atoms with Crippen LogP contribution < -0.4 is 5.32 Å². The Kier molecular flexibility index (Phi) is 5.95. The van der Waals surface area contributed by atoms with E-state index in [1.807, 2.05) is 18.2 Å². The van der Waals surface area contributed by atoms with Gasteiger partial charge in [0.2, 0.25) is 0 Å². The zero-order valence-electron chi connectivity index (χ0n) is 10.8. The van der Waals surface area contributed by atoms with Gasteiger partial charge in [-0.05, 0) is 24.0 Å². The molecule has 17 heavy (non-hydrogen) atoms. The number of rotatable bonds is 7. The number of hydrogen-bond donors (Lipinski definition) is 2. The van der Waals surface area contributed by atoms with Crippen LogP contribution in [-0.2, 0) is 6.42 Å². The van der Waals surface area contributed by atoms with Crippen molar-refractivity contribution in [3.05, 3.63) is 48.0 Å². The number of aliphatic hydroxyl groups is 1. The molecule has 2 unspecified atom stereocenters. The molecule has 1 rings (SSSR count). The van der Waals surface area contributed by atoms with E-state index in [9.17, 15) is 5.11 Å². The van der Waals surface area contributed by atoms with Crippen LogP contribution in [0.25, 0.3) is 0 Å². The highest BCUT2D eigenvalue weighted by Gasteiger charge is 2.17. The zero-order valence-corrected chi connectivity index (χ0v) is 10.8. The minimum Gasteiger partial charge on any atom is -0.387 e. The molecular formula is C15H23NO. The van der Waals surface area contributed by atoms with Crippen LogP contribution in [0.15, 0.2) is 36.9 Å². The van der Waals surface area contributed by atoms with E-state index < -0.39 is 6.10 Å². The summed E-state index contributed by atoms with van der Waals surface area (Å²) >= 11 is 0. The first kappa shape index (κ1) is 13.9. The molecule has 94 valence electrons. The lowest BCUT2D eigenvalue weighted by Crippen LogP contribution is -2.34. The van der Waals surface area contributed by atoms with Gasteiger partial charge >= 0.3 is 0 Å². The molecule has 0 aromatic heterocycles. The average Bonchev–Trinajstić information content (AvgIpc) is 2.39. The third kappa shape index (κ3) is 3.99. The van der Waals surface area contributed by atoms with Gasteiger partial charge in [0, 0.05) is 12.6 Å². The molecule has 0 aliphatic heterocycles. The highest BCUT2D eigenvalue weighted by atomic mass is 16.3. The van der Waals surface area contributed by atoms with Gasteiger partial charge in [0.25, 0.3) is 0 Å². The summed E-state index contributed by atoms with van der Waals surface area (Å²) in [7, 11) is 0. The van der Waals surface area contributed by atoms with E-state index in [0.717, 1.165) is 24.9 Å². The monoisotopic (exact) mass is 233 g/mol. The van der Waals surface area contributed by atoms with Crippen LogP contribution in [0.3, 0.4) is 0 Å². The SMILES string of the molecule is C=CCNC(CC)C(O)c1ccc(CC)cc1. The van der Waals surface area contributed by atoms with Gasteiger partial charge < -0.3 is 10.4 Å². The van der Waals surface area contributed by atoms with Gasteiger partial charge in [-0.25, -0.2) is 0 Å². The summed E-state index contributed by atoms with van der Waals surface area (Å²) < 4.78 is 0. The lowest BCUT2D eigenvalue weighted by Gasteiger charge is -2.23. The lowest BCUT2D eigenvalue weighted by molar-refractivity contribution is 0.128. The molecule has 2 nitrogen and oxygen atoms in total. The Morgan fingerprint density at radius 1 is 1.29 bits per heavy atom. The molecule has 0 amide bonds. The Labute approximate surface area is 104 Å². The third-order valence-corrected chi connectivity index (χ3v) is 3.07. The molecule has 1 aromatic carbocycles. The van der Waals surface area contributed by atoms with Gasteiger partial charge in [0.15, 0.2) is 0 Å². The summed E-state index contributed by atoms with van der Waals surface area (Å²) in [6.45, 7) is 8.61. The summed E-state index contributed by atoms with van der Waals surface area (Å²) in [6.07, 6.45) is 3.29. The molecule has 2 heteroatoms. The van der Waals surface area contributed by atoms with Crippen molar-refractivity contribution >= 4 is 0 Å². The maximum Gasteiger partial charge on any atom is 0.0942 e. The van der Waals surface area contributed by atoms with Crippen LogP contribution in [0.2, 0.25) is 0 Å². The quantitative estimate of drug-likeness (QED) is 0.710. The Bertz CT molecular complexity index is 331. The van der Waals surface area contributed by atoms with Crippen molar-refractivity contribution in [1.29, 1.82) is 0 Å². The van der Waals surface area contributed by atoms with E-state index in [1.165, 1.54) is 5.56 Å². The van der Waals surface area contributed by atoms with Gasteiger partial charge in [-0.2, -0.15) is 0 Å². The smallest absolute Gasteiger partial charge is 0.0942 e. The lowest BCUT2D eigenvalue weighted by atomic mass is 9.98. The van der Waals surface area contributed by atoms with E-state index in [0.29, 0.717) is 0 Å². The molecule has 0 spiro atoms. The molecule has 2 N–H and O–H groups in total. The summed E-state index contributed by atoms with van der Waals surface area (Å²) in [5.74, 6) is 0. The summed E-state index contributed by atoms with van der Waals surface area (Å²) in [5, 5.41) is 13.6. The average molecular weight is 233 g/mol. The molecule has 0 fully saturated rings. The Morgan fingerprint density at radius 3 is 2.41 bits per heavy atom. The fourth-order valence-corrected chi connectivity index (χ4v) is 1.90. The molecule has 0 heterocycles. The normalized spacial score (nSPS) is 14.3.